The fourth-order valence-corrected chi connectivity index (χ4v) is 3.73. The maximum Gasteiger partial charge on any atom is 0.166 e. The zero-order chi connectivity index (χ0) is 22.5. The minimum Gasteiger partial charge on any atom is -0.505 e. The number of Topliss-reactive ketones (excluding diaryl/α,β-unsaturated/α-hetero) is 1. The molecule has 3 heterocycles. The second-order valence-corrected chi connectivity index (χ2v) is 7.75. The second kappa shape index (κ2) is 10.0. The molecule has 0 amide bonds. The number of carbonyl (C=O) groups excluding carboxylic acids is 1. The van der Waals surface area contributed by atoms with E-state index in [1.54, 1.807) is 6.33 Å². The van der Waals surface area contributed by atoms with Crippen molar-refractivity contribution in [1.29, 1.82) is 0 Å². The number of ketones is 1. The lowest BCUT2D eigenvalue weighted by Crippen LogP contribution is -2.37. The van der Waals surface area contributed by atoms with Crippen molar-refractivity contribution in [1.82, 2.24) is 19.5 Å². The van der Waals surface area contributed by atoms with Gasteiger partial charge in [0.1, 0.15) is 6.61 Å². The zero-order valence-corrected chi connectivity index (χ0v) is 17.7. The number of aromatic hydroxyl groups is 1. The highest BCUT2D eigenvalue weighted by molar-refractivity contribution is 5.86. The van der Waals surface area contributed by atoms with Gasteiger partial charge in [-0.25, -0.2) is 19.3 Å². The molecule has 32 heavy (non-hydrogen) atoms. The van der Waals surface area contributed by atoms with E-state index in [1.165, 1.54) is 18.2 Å². The van der Waals surface area contributed by atoms with Crippen LogP contribution in [0.3, 0.4) is 0 Å². The number of carbonyl (C=O) groups is 1. The van der Waals surface area contributed by atoms with Crippen molar-refractivity contribution in [2.24, 2.45) is 0 Å². The zero-order valence-electron chi connectivity index (χ0n) is 17.7. The Labute approximate surface area is 184 Å². The summed E-state index contributed by atoms with van der Waals surface area (Å²) in [6, 6.07) is 4.05. The molecule has 0 saturated carbocycles. The van der Waals surface area contributed by atoms with Gasteiger partial charge in [-0.3, -0.25) is 4.79 Å². The van der Waals surface area contributed by atoms with Crippen LogP contribution in [0.2, 0.25) is 0 Å². The summed E-state index contributed by atoms with van der Waals surface area (Å²) in [5, 5.41) is 18.6. The van der Waals surface area contributed by atoms with Crippen molar-refractivity contribution in [2.45, 2.75) is 32.2 Å². The molecule has 0 bridgehead atoms. The van der Waals surface area contributed by atoms with Crippen LogP contribution >= 0.6 is 0 Å². The Morgan fingerprint density at radius 3 is 2.72 bits per heavy atom. The number of imidazole rings is 1. The van der Waals surface area contributed by atoms with Crippen LogP contribution in [0.1, 0.15) is 25.7 Å². The van der Waals surface area contributed by atoms with Crippen LogP contribution in [-0.2, 0) is 16.1 Å². The number of fused-ring (bicyclic) bond motifs is 1. The van der Waals surface area contributed by atoms with E-state index in [2.05, 4.69) is 14.9 Å². The highest BCUT2D eigenvalue weighted by Crippen LogP contribution is 2.29. The number of unbranched alkanes of at least 4 members (excludes halogenated alkanes) is 2. The minimum atomic E-state index is -0.701. The van der Waals surface area contributed by atoms with Gasteiger partial charge in [0.05, 0.1) is 19.5 Å². The predicted molar refractivity (Wildman–Crippen MR) is 116 cm³/mol. The van der Waals surface area contributed by atoms with Gasteiger partial charge < -0.3 is 24.4 Å². The Balaban J connectivity index is 1.64. The molecule has 0 radical (unpaired) electrons. The van der Waals surface area contributed by atoms with E-state index in [-0.39, 0.29) is 5.78 Å². The number of aryl methyl sites for hydroxylation is 1. The Hall–Kier alpha value is -3.11. The molecule has 0 unspecified atom stereocenters. The molecule has 1 fully saturated rings. The molecule has 9 nitrogen and oxygen atoms in total. The van der Waals surface area contributed by atoms with Gasteiger partial charge in [0, 0.05) is 31.6 Å². The van der Waals surface area contributed by atoms with Crippen molar-refractivity contribution in [2.75, 3.05) is 37.8 Å². The highest BCUT2D eigenvalue weighted by Gasteiger charge is 2.21. The molecule has 3 aromatic rings. The largest absolute Gasteiger partial charge is 0.505 e. The first-order chi connectivity index (χ1) is 15.6. The number of rotatable bonds is 9. The number of morpholine rings is 1. The number of anilines is 1. The summed E-state index contributed by atoms with van der Waals surface area (Å²) >= 11 is 0. The topological polar surface area (TPSA) is 114 Å². The second-order valence-electron chi connectivity index (χ2n) is 7.75. The van der Waals surface area contributed by atoms with Gasteiger partial charge in [-0.05, 0) is 31.0 Å². The molecule has 0 aliphatic carbocycles. The van der Waals surface area contributed by atoms with Crippen LogP contribution < -0.4 is 4.90 Å². The van der Waals surface area contributed by atoms with Crippen molar-refractivity contribution in [3.63, 3.8) is 0 Å². The summed E-state index contributed by atoms with van der Waals surface area (Å²) in [5.74, 6) is -0.236. The molecule has 2 aromatic heterocycles. The fraction of sp³-hybridized carbons (Fsp3) is 0.455. The monoisotopic (exact) mass is 443 g/mol. The average molecular weight is 443 g/mol. The molecular weight excluding hydrogens is 417 g/mol. The number of benzene rings is 1. The van der Waals surface area contributed by atoms with Gasteiger partial charge in [0.15, 0.2) is 40.2 Å². The molecule has 10 heteroatoms. The van der Waals surface area contributed by atoms with Gasteiger partial charge in [0.25, 0.3) is 0 Å². The van der Waals surface area contributed by atoms with E-state index in [0.29, 0.717) is 67.6 Å². The number of aromatic nitrogens is 4. The van der Waals surface area contributed by atoms with E-state index >= 15 is 0 Å². The number of aliphatic hydroxyl groups is 1. The average Bonchev–Trinajstić information content (AvgIpc) is 3.23. The van der Waals surface area contributed by atoms with Gasteiger partial charge in [0.2, 0.25) is 0 Å². The van der Waals surface area contributed by atoms with Crippen molar-refractivity contribution in [3.8, 4) is 17.1 Å². The van der Waals surface area contributed by atoms with E-state index < -0.39 is 18.2 Å². The summed E-state index contributed by atoms with van der Waals surface area (Å²) in [7, 11) is 0. The highest BCUT2D eigenvalue weighted by atomic mass is 19.1. The SMILES string of the molecule is O=C(CO)CCCCCn1cnc2c(N3CCOCC3)nc(-c3ccc(F)c(O)c3)nc21. The molecule has 2 N–H and O–H groups in total. The summed E-state index contributed by atoms with van der Waals surface area (Å²) < 4.78 is 21.0. The number of hydrogen-bond donors (Lipinski definition) is 2. The third-order valence-electron chi connectivity index (χ3n) is 5.49. The maximum atomic E-state index is 13.6. The number of aliphatic hydroxyl groups excluding tert-OH is 1. The summed E-state index contributed by atoms with van der Waals surface area (Å²) in [6.45, 7) is 2.78. The maximum absolute atomic E-state index is 13.6. The van der Waals surface area contributed by atoms with Crippen LogP contribution in [0.15, 0.2) is 24.5 Å². The molecule has 170 valence electrons. The molecule has 0 spiro atoms. The number of halogens is 1. The lowest BCUT2D eigenvalue weighted by Gasteiger charge is -2.28. The number of phenolic OH excluding ortho intramolecular Hbond substituents is 1. The van der Waals surface area contributed by atoms with E-state index in [4.69, 9.17) is 14.8 Å². The molecule has 0 atom stereocenters. The lowest BCUT2D eigenvalue weighted by molar-refractivity contribution is -0.121. The summed E-state index contributed by atoms with van der Waals surface area (Å²) in [4.78, 5) is 27.3. The molecule has 4 rings (SSSR count). The Kier molecular flexibility index (Phi) is 6.91. The van der Waals surface area contributed by atoms with Crippen molar-refractivity contribution < 1.29 is 24.1 Å². The first-order valence-corrected chi connectivity index (χ1v) is 10.7. The van der Waals surface area contributed by atoms with Gasteiger partial charge in [-0.15, -0.1) is 0 Å². The molecule has 1 aromatic carbocycles. The smallest absolute Gasteiger partial charge is 0.166 e. The number of ether oxygens (including phenoxy) is 1. The molecule has 1 aliphatic rings. The third kappa shape index (κ3) is 4.86. The quantitative estimate of drug-likeness (QED) is 0.485. The van der Waals surface area contributed by atoms with E-state index in [9.17, 15) is 14.3 Å². The number of hydrogen-bond acceptors (Lipinski definition) is 8. The van der Waals surface area contributed by atoms with Gasteiger partial charge >= 0.3 is 0 Å². The lowest BCUT2D eigenvalue weighted by atomic mass is 10.1. The fourth-order valence-electron chi connectivity index (χ4n) is 3.73. The standard InChI is InChI=1S/C22H26FN5O4/c23-17-6-5-15(12-18(17)31)20-25-21(27-8-10-32-11-9-27)19-22(26-20)28(14-24-19)7-3-1-2-4-16(30)13-29/h5-6,12,14,29,31H,1-4,7-11,13H2. The van der Waals surface area contributed by atoms with Crippen LogP contribution in [0.5, 0.6) is 5.75 Å². The van der Waals surface area contributed by atoms with Crippen molar-refractivity contribution in [3.05, 3.63) is 30.3 Å². The van der Waals surface area contributed by atoms with Crippen LogP contribution in [-0.4, -0.2) is 68.4 Å². The first-order valence-electron chi connectivity index (χ1n) is 10.7. The summed E-state index contributed by atoms with van der Waals surface area (Å²) in [5.41, 5.74) is 1.85. The normalized spacial score (nSPS) is 14.2. The van der Waals surface area contributed by atoms with Crippen LogP contribution in [0.25, 0.3) is 22.6 Å². The van der Waals surface area contributed by atoms with Gasteiger partial charge in [-0.1, -0.05) is 6.42 Å². The Morgan fingerprint density at radius 1 is 1.16 bits per heavy atom. The molecule has 1 saturated heterocycles. The van der Waals surface area contributed by atoms with Crippen LogP contribution in [0.4, 0.5) is 10.2 Å². The van der Waals surface area contributed by atoms with E-state index in [1.807, 2.05) is 4.57 Å². The van der Waals surface area contributed by atoms with Gasteiger partial charge in [-0.2, -0.15) is 0 Å². The Morgan fingerprint density at radius 2 is 1.97 bits per heavy atom. The minimum absolute atomic E-state index is 0.145. The Bertz CT molecular complexity index is 1100. The number of phenols is 1. The molecular formula is C22H26FN5O4. The van der Waals surface area contributed by atoms with E-state index in [0.717, 1.165) is 19.3 Å². The molecule has 1 aliphatic heterocycles. The summed E-state index contributed by atoms with van der Waals surface area (Å²) in [6.07, 6.45) is 4.50. The predicted octanol–water partition coefficient (Wildman–Crippen LogP) is 2.30. The van der Waals surface area contributed by atoms with Crippen molar-refractivity contribution >= 4 is 22.8 Å². The first kappa shape index (κ1) is 22.1. The number of nitrogens with zero attached hydrogens (tertiary/aromatic N) is 5. The third-order valence-corrected chi connectivity index (χ3v) is 5.49. The van der Waals surface area contributed by atoms with Crippen LogP contribution in [0, 0.1) is 5.82 Å².